The Hall–Kier alpha value is -6.61. The van der Waals surface area contributed by atoms with Crippen LogP contribution in [0.5, 0.6) is 0 Å². The number of nitriles is 3. The molecule has 0 radical (unpaired) electrons. The Morgan fingerprint density at radius 1 is 0.439 bits per heavy atom. The third kappa shape index (κ3) is 17.2. The average molecular weight is 784 g/mol. The summed E-state index contributed by atoms with van der Waals surface area (Å²) in [7, 11) is 0. The Bertz CT molecular complexity index is 1870. The fourth-order valence-corrected chi connectivity index (χ4v) is 6.16. The van der Waals surface area contributed by atoms with Gasteiger partial charge >= 0.3 is 73.7 Å². The summed E-state index contributed by atoms with van der Waals surface area (Å²) in [4.78, 5) is 3.23. The van der Waals surface area contributed by atoms with Crippen LogP contribution in [0.4, 0.5) is 0 Å². The molecule has 6 aromatic rings. The molecular formula is C49H45B2N5Ni+3. The molecule has 0 aromatic heterocycles. The molecule has 0 fully saturated rings. The van der Waals surface area contributed by atoms with Crippen LogP contribution in [-0.4, -0.2) is 19.5 Å². The summed E-state index contributed by atoms with van der Waals surface area (Å²) in [5.41, 5.74) is 8.00. The van der Waals surface area contributed by atoms with Crippen LogP contribution < -0.4 is 32.8 Å². The molecule has 0 aliphatic carbocycles. The zero-order valence-electron chi connectivity index (χ0n) is 32.1. The van der Waals surface area contributed by atoms with Gasteiger partial charge in [-0.05, 0) is 12.8 Å². The normalized spacial score (nSPS) is 9.70. The van der Waals surface area contributed by atoms with Gasteiger partial charge in [-0.25, -0.2) is 0 Å². The van der Waals surface area contributed by atoms with E-state index in [0.29, 0.717) is 45.5 Å². The molecule has 0 saturated carbocycles. The van der Waals surface area contributed by atoms with E-state index in [1.54, 1.807) is 0 Å². The van der Waals surface area contributed by atoms with Gasteiger partial charge in [0, 0.05) is 12.8 Å². The van der Waals surface area contributed by atoms with Crippen LogP contribution in [0.3, 0.4) is 0 Å². The van der Waals surface area contributed by atoms with E-state index in [9.17, 15) is 0 Å². The van der Waals surface area contributed by atoms with Gasteiger partial charge in [0.1, 0.15) is 0 Å². The molecule has 6 aromatic carbocycles. The zero-order valence-corrected chi connectivity index (χ0v) is 33.0. The Morgan fingerprint density at radius 3 is 0.895 bits per heavy atom. The van der Waals surface area contributed by atoms with Crippen LogP contribution in [-0.2, 0) is 15.7 Å². The molecule has 279 valence electrons. The van der Waals surface area contributed by atoms with Crippen LogP contribution in [0, 0.1) is 46.6 Å². The molecule has 0 spiro atoms. The van der Waals surface area contributed by atoms with Crippen LogP contribution in [0.1, 0.15) is 44.9 Å². The average Bonchev–Trinajstić information content (AvgIpc) is 3.28. The molecule has 0 heterocycles. The van der Waals surface area contributed by atoms with E-state index < -0.39 is 0 Å². The number of nitrogens with zero attached hydrogens (tertiary/aromatic N) is 5. The van der Waals surface area contributed by atoms with Crippen LogP contribution in [0.25, 0.3) is 8.77 Å². The predicted octanol–water partition coefficient (Wildman–Crippen LogP) is 7.76. The van der Waals surface area contributed by atoms with Crippen molar-refractivity contribution in [2.75, 3.05) is 0 Å². The maximum atomic E-state index is 8.19. The van der Waals surface area contributed by atoms with E-state index in [0.717, 1.165) is 12.8 Å². The van der Waals surface area contributed by atoms with E-state index >= 15 is 0 Å². The number of hydrogen-bond donors (Lipinski definition) is 0. The summed E-state index contributed by atoms with van der Waals surface area (Å²) < 4.78 is 3.26. The second-order valence-electron chi connectivity index (χ2n) is 12.7. The molecule has 6 rings (SSSR count). The summed E-state index contributed by atoms with van der Waals surface area (Å²) in [6.45, 7) is 7.29. The molecule has 0 N–H and O–H groups in total. The fraction of sp³-hybridized carbons (Fsp3) is 0.163. The second-order valence-corrected chi connectivity index (χ2v) is 13.0. The largest absolute Gasteiger partial charge is 0.241 e. The third-order valence-electron chi connectivity index (χ3n) is 8.74. The molecule has 1 atom stereocenters. The summed E-state index contributed by atoms with van der Waals surface area (Å²) in [5.74, 6) is 0. The van der Waals surface area contributed by atoms with Crippen molar-refractivity contribution in [1.29, 1.82) is 15.8 Å². The number of rotatable bonds is 12. The van der Waals surface area contributed by atoms with Gasteiger partial charge < -0.3 is 0 Å². The smallest absolute Gasteiger partial charge is 0.0687 e. The number of hydrogen-bond acceptors (Lipinski definition) is 3. The van der Waals surface area contributed by atoms with E-state index in [1.165, 1.54) is 32.8 Å². The minimum atomic E-state index is -0.350. The first-order valence-corrected chi connectivity index (χ1v) is 19.4. The molecule has 0 bridgehead atoms. The van der Waals surface area contributed by atoms with Gasteiger partial charge in [-0.15, -0.1) is 0 Å². The fourth-order valence-electron chi connectivity index (χ4n) is 6.02. The molecule has 5 nitrogen and oxygen atoms in total. The number of unbranched alkanes of at least 4 members (excludes halogenated alkanes) is 4. The third-order valence-corrected chi connectivity index (χ3v) is 8.86. The minimum Gasteiger partial charge on any atom is -0.0687 e. The topological polar surface area (TPSA) is 80.1 Å². The van der Waals surface area contributed by atoms with Gasteiger partial charge in [0.25, 0.3) is 0 Å². The van der Waals surface area contributed by atoms with E-state index in [4.69, 9.17) is 22.4 Å². The summed E-state index contributed by atoms with van der Waals surface area (Å²) in [6.07, 6.45) is 4.72. The van der Waals surface area contributed by atoms with Gasteiger partial charge in [-0.2, -0.15) is 10.5 Å². The Morgan fingerprint density at radius 2 is 0.684 bits per heavy atom. The molecular weight excluding hydrogens is 739 g/mol. The Balaban J connectivity index is 0.000000216. The summed E-state index contributed by atoms with van der Waals surface area (Å²) >= 11 is 4.01. The van der Waals surface area contributed by atoms with Crippen molar-refractivity contribution in [3.63, 3.8) is 0 Å². The quantitative estimate of drug-likeness (QED) is 0.0724. The molecule has 0 saturated heterocycles. The molecule has 57 heavy (non-hydrogen) atoms. The van der Waals surface area contributed by atoms with E-state index in [-0.39, 0.29) is 6.04 Å². The van der Waals surface area contributed by atoms with Crippen molar-refractivity contribution in [2.45, 2.75) is 51.0 Å². The zero-order chi connectivity index (χ0) is 40.6. The van der Waals surface area contributed by atoms with Crippen molar-refractivity contribution in [1.82, 2.24) is 0 Å². The second kappa shape index (κ2) is 28.8. The minimum absolute atomic E-state index is 0.309. The van der Waals surface area contributed by atoms with Crippen LogP contribution in [0.2, 0.25) is 0 Å². The Kier molecular flexibility index (Phi) is 22.6. The first kappa shape index (κ1) is 44.8. The summed E-state index contributed by atoms with van der Waals surface area (Å²) in [5, 5.41) is 24.3. The maximum absolute atomic E-state index is 8.19. The Labute approximate surface area is 348 Å². The SMILES string of the molecule is N#CCCCCC#N.[C-]#[N+]C(C#[N+][Ni+2])CCCC#N.c1ccc(B(c2ccccc2)c2ccccc2)cc1.c1ccc(B(c2ccccc2)c2ccccc2)cc1. The van der Waals surface area contributed by atoms with Crippen molar-refractivity contribution in [2.24, 2.45) is 0 Å². The first-order chi connectivity index (χ1) is 28.2. The molecule has 8 heteroatoms. The van der Waals surface area contributed by atoms with Crippen LogP contribution in [0.15, 0.2) is 182 Å². The molecule has 0 aliphatic heterocycles. The van der Waals surface area contributed by atoms with Crippen LogP contribution >= 0.6 is 0 Å². The maximum Gasteiger partial charge on any atom is 0.241 e. The van der Waals surface area contributed by atoms with E-state index in [2.05, 4.69) is 213 Å². The van der Waals surface area contributed by atoms with Crippen molar-refractivity contribution in [3.8, 4) is 24.3 Å². The van der Waals surface area contributed by atoms with E-state index in [1.807, 2.05) is 18.2 Å². The van der Waals surface area contributed by atoms with Crippen molar-refractivity contribution >= 4 is 46.2 Å². The predicted molar refractivity (Wildman–Crippen MR) is 235 cm³/mol. The monoisotopic (exact) mass is 783 g/mol. The van der Waals surface area contributed by atoms with Gasteiger partial charge in [0.2, 0.25) is 13.4 Å². The molecule has 0 amide bonds. The molecule has 1 unspecified atom stereocenters. The van der Waals surface area contributed by atoms with Gasteiger partial charge in [0.15, 0.2) is 0 Å². The standard InChI is InChI=1S/2C18H15B.C7H7N3.C6H8N2.Ni/c2*1-4-10-16(11-5-1)19(17-12-6-2-7-13-17)18-14-8-3-9-15-18;1-10-7(6-9)4-2-3-5-8;7-5-3-1-2-4-6-8;/h2*1-15H;7H,2-4H2;1-4H2;/q;;;;+3. The van der Waals surface area contributed by atoms with Crippen molar-refractivity contribution in [3.05, 3.63) is 197 Å². The van der Waals surface area contributed by atoms with Gasteiger partial charge in [-0.3, -0.25) is 0 Å². The summed E-state index contributed by atoms with van der Waals surface area (Å²) in [6, 6.07) is 72.2. The van der Waals surface area contributed by atoms with Crippen molar-refractivity contribution < 1.29 is 15.7 Å². The number of benzene rings is 6. The molecule has 0 aliphatic rings. The van der Waals surface area contributed by atoms with Gasteiger partial charge in [0.05, 0.1) is 12.1 Å². The first-order valence-electron chi connectivity index (χ1n) is 19.0. The van der Waals surface area contributed by atoms with Gasteiger partial charge in [-0.1, -0.05) is 215 Å².